The molecule has 0 amide bonds. The first-order chi connectivity index (χ1) is 7.72. The predicted octanol–water partition coefficient (Wildman–Crippen LogP) is 2.99. The maximum absolute atomic E-state index is 6.04. The van der Waals surface area contributed by atoms with Crippen molar-refractivity contribution in [1.82, 2.24) is 0 Å². The van der Waals surface area contributed by atoms with Gasteiger partial charge < -0.3 is 14.9 Å². The summed E-state index contributed by atoms with van der Waals surface area (Å²) in [7, 11) is 1.57. The van der Waals surface area contributed by atoms with Crippen LogP contribution in [0, 0.1) is 0 Å². The summed E-state index contributed by atoms with van der Waals surface area (Å²) in [4.78, 5) is 0. The van der Waals surface area contributed by atoms with Gasteiger partial charge in [-0.05, 0) is 29.8 Å². The number of ether oxygens (including phenoxy) is 1. The second kappa shape index (κ2) is 4.60. The van der Waals surface area contributed by atoms with E-state index in [1.165, 1.54) is 0 Å². The van der Waals surface area contributed by atoms with Crippen molar-refractivity contribution in [1.29, 1.82) is 0 Å². The van der Waals surface area contributed by atoms with E-state index >= 15 is 0 Å². The second-order valence-corrected chi connectivity index (χ2v) is 3.79. The fourth-order valence-electron chi connectivity index (χ4n) is 1.50. The van der Waals surface area contributed by atoms with E-state index in [0.29, 0.717) is 16.5 Å². The first-order valence-corrected chi connectivity index (χ1v) is 5.22. The highest BCUT2D eigenvalue weighted by molar-refractivity contribution is 6.32. The molecule has 0 aliphatic carbocycles. The summed E-state index contributed by atoms with van der Waals surface area (Å²) < 4.78 is 10.4. The molecule has 1 heterocycles. The first kappa shape index (κ1) is 11.0. The van der Waals surface area contributed by atoms with Crippen molar-refractivity contribution in [3.63, 3.8) is 0 Å². The van der Waals surface area contributed by atoms with Crippen molar-refractivity contribution in [2.75, 3.05) is 7.11 Å². The van der Waals surface area contributed by atoms with Gasteiger partial charge in [0.15, 0.2) is 0 Å². The smallest absolute Gasteiger partial charge is 0.137 e. The molecule has 0 fully saturated rings. The molecule has 2 rings (SSSR count). The summed E-state index contributed by atoms with van der Waals surface area (Å²) in [5.74, 6) is 1.32. The highest BCUT2D eigenvalue weighted by atomic mass is 35.5. The van der Waals surface area contributed by atoms with Crippen LogP contribution in [0.15, 0.2) is 41.0 Å². The molecule has 16 heavy (non-hydrogen) atoms. The van der Waals surface area contributed by atoms with Gasteiger partial charge in [-0.25, -0.2) is 0 Å². The van der Waals surface area contributed by atoms with Crippen LogP contribution in [0.25, 0.3) is 0 Å². The lowest BCUT2D eigenvalue weighted by molar-refractivity contribution is 0.413. The molecule has 0 saturated heterocycles. The van der Waals surface area contributed by atoms with E-state index in [1.54, 1.807) is 19.4 Å². The van der Waals surface area contributed by atoms with Crippen molar-refractivity contribution in [2.45, 2.75) is 6.04 Å². The Balaban J connectivity index is 2.34. The van der Waals surface area contributed by atoms with Crippen LogP contribution in [0.1, 0.15) is 17.4 Å². The van der Waals surface area contributed by atoms with Gasteiger partial charge in [-0.3, -0.25) is 0 Å². The van der Waals surface area contributed by atoms with Crippen LogP contribution in [-0.2, 0) is 0 Å². The van der Waals surface area contributed by atoms with E-state index in [4.69, 9.17) is 26.5 Å². The number of halogens is 1. The van der Waals surface area contributed by atoms with Crippen molar-refractivity contribution < 1.29 is 9.15 Å². The standard InChI is InChI=1S/C12H12ClNO2/c1-15-11-7-8(4-5-9(11)13)12(14)10-3-2-6-16-10/h2-7,12H,14H2,1H3. The molecule has 4 heteroatoms. The molecule has 1 aromatic heterocycles. The summed E-state index contributed by atoms with van der Waals surface area (Å²) in [6.45, 7) is 0. The number of hydrogen-bond acceptors (Lipinski definition) is 3. The Bertz CT molecular complexity index is 468. The largest absolute Gasteiger partial charge is 0.495 e. The van der Waals surface area contributed by atoms with Gasteiger partial charge in [0.05, 0.1) is 24.4 Å². The third-order valence-corrected chi connectivity index (χ3v) is 2.70. The molecular formula is C12H12ClNO2. The SMILES string of the molecule is COc1cc(C(N)c2ccco2)ccc1Cl. The van der Waals surface area contributed by atoms with Crippen LogP contribution in [-0.4, -0.2) is 7.11 Å². The van der Waals surface area contributed by atoms with Crippen molar-refractivity contribution >= 4 is 11.6 Å². The van der Waals surface area contributed by atoms with Gasteiger partial charge in [-0.15, -0.1) is 0 Å². The van der Waals surface area contributed by atoms with Crippen LogP contribution in [0.3, 0.4) is 0 Å². The topological polar surface area (TPSA) is 48.4 Å². The number of methoxy groups -OCH3 is 1. The van der Waals surface area contributed by atoms with Crippen molar-refractivity contribution in [2.24, 2.45) is 5.73 Å². The third kappa shape index (κ3) is 2.05. The second-order valence-electron chi connectivity index (χ2n) is 3.39. The number of furan rings is 1. The number of benzene rings is 1. The Morgan fingerprint density at radius 3 is 2.81 bits per heavy atom. The Kier molecular flexibility index (Phi) is 3.17. The van der Waals surface area contributed by atoms with E-state index < -0.39 is 0 Å². The monoisotopic (exact) mass is 237 g/mol. The summed E-state index contributed by atoms with van der Waals surface area (Å²) in [6, 6.07) is 8.78. The first-order valence-electron chi connectivity index (χ1n) is 4.85. The van der Waals surface area contributed by atoms with Crippen molar-refractivity contribution in [3.8, 4) is 5.75 Å². The quantitative estimate of drug-likeness (QED) is 0.893. The fraction of sp³-hybridized carbons (Fsp3) is 0.167. The number of hydrogen-bond donors (Lipinski definition) is 1. The van der Waals surface area contributed by atoms with Crippen LogP contribution in [0.4, 0.5) is 0 Å². The minimum Gasteiger partial charge on any atom is -0.495 e. The summed E-state index contributed by atoms with van der Waals surface area (Å²) in [5.41, 5.74) is 6.94. The maximum Gasteiger partial charge on any atom is 0.137 e. The van der Waals surface area contributed by atoms with Crippen LogP contribution < -0.4 is 10.5 Å². The zero-order chi connectivity index (χ0) is 11.5. The van der Waals surface area contributed by atoms with Gasteiger partial charge >= 0.3 is 0 Å². The van der Waals surface area contributed by atoms with E-state index in [-0.39, 0.29) is 6.04 Å². The normalized spacial score (nSPS) is 12.4. The molecule has 1 atom stereocenters. The Hall–Kier alpha value is -1.45. The molecule has 84 valence electrons. The maximum atomic E-state index is 6.04. The predicted molar refractivity (Wildman–Crippen MR) is 62.7 cm³/mol. The fourth-order valence-corrected chi connectivity index (χ4v) is 1.70. The van der Waals surface area contributed by atoms with Gasteiger partial charge in [0, 0.05) is 0 Å². The van der Waals surface area contributed by atoms with E-state index in [1.807, 2.05) is 24.3 Å². The average Bonchev–Trinajstić information content (AvgIpc) is 2.82. The van der Waals surface area contributed by atoms with Crippen molar-refractivity contribution in [3.05, 3.63) is 52.9 Å². The molecule has 0 bridgehead atoms. The third-order valence-electron chi connectivity index (χ3n) is 2.38. The average molecular weight is 238 g/mol. The lowest BCUT2D eigenvalue weighted by Gasteiger charge is -2.11. The van der Waals surface area contributed by atoms with E-state index in [9.17, 15) is 0 Å². The minimum absolute atomic E-state index is 0.304. The van der Waals surface area contributed by atoms with Gasteiger partial charge in [-0.2, -0.15) is 0 Å². The summed E-state index contributed by atoms with van der Waals surface area (Å²) in [5, 5.41) is 0.567. The number of rotatable bonds is 3. The molecule has 0 aliphatic heterocycles. The summed E-state index contributed by atoms with van der Waals surface area (Å²) in [6.07, 6.45) is 1.60. The zero-order valence-corrected chi connectivity index (χ0v) is 9.57. The van der Waals surface area contributed by atoms with Crippen LogP contribution in [0.2, 0.25) is 5.02 Å². The van der Waals surface area contributed by atoms with E-state index in [0.717, 1.165) is 5.56 Å². The lowest BCUT2D eigenvalue weighted by atomic mass is 10.1. The number of nitrogens with two attached hydrogens (primary N) is 1. The molecule has 1 aromatic carbocycles. The Morgan fingerprint density at radius 1 is 1.38 bits per heavy atom. The lowest BCUT2D eigenvalue weighted by Crippen LogP contribution is -2.10. The van der Waals surface area contributed by atoms with Gasteiger partial charge in [-0.1, -0.05) is 17.7 Å². The molecule has 0 aliphatic rings. The molecular weight excluding hydrogens is 226 g/mol. The van der Waals surface area contributed by atoms with Crippen LogP contribution in [0.5, 0.6) is 5.75 Å². The molecule has 0 spiro atoms. The zero-order valence-electron chi connectivity index (χ0n) is 8.81. The molecule has 0 saturated carbocycles. The van der Waals surface area contributed by atoms with E-state index in [2.05, 4.69) is 0 Å². The summed E-state index contributed by atoms with van der Waals surface area (Å²) >= 11 is 5.94. The van der Waals surface area contributed by atoms with Gasteiger partial charge in [0.25, 0.3) is 0 Å². The van der Waals surface area contributed by atoms with Gasteiger partial charge in [0.1, 0.15) is 11.5 Å². The Morgan fingerprint density at radius 2 is 2.19 bits per heavy atom. The Labute approximate surface area is 98.8 Å². The molecule has 2 aromatic rings. The molecule has 2 N–H and O–H groups in total. The minimum atomic E-state index is -0.304. The molecule has 1 unspecified atom stereocenters. The van der Waals surface area contributed by atoms with Crippen LogP contribution >= 0.6 is 11.6 Å². The highest BCUT2D eigenvalue weighted by Gasteiger charge is 2.13. The molecule has 3 nitrogen and oxygen atoms in total. The highest BCUT2D eigenvalue weighted by Crippen LogP contribution is 2.29. The van der Waals surface area contributed by atoms with Gasteiger partial charge in [0.2, 0.25) is 0 Å². The molecule has 0 radical (unpaired) electrons.